The largest absolute Gasteiger partial charge is 0.361 e. The molecule has 6 heteroatoms. The van der Waals surface area contributed by atoms with Crippen LogP contribution in [0.4, 0.5) is 0 Å². The Morgan fingerprint density at radius 2 is 2.12 bits per heavy atom. The van der Waals surface area contributed by atoms with Crippen LogP contribution in [0.5, 0.6) is 0 Å². The van der Waals surface area contributed by atoms with Gasteiger partial charge in [-0.2, -0.15) is 5.10 Å². The lowest BCUT2D eigenvalue weighted by atomic mass is 10.1. The number of nitrogens with one attached hydrogen (secondary N) is 3. The third-order valence-corrected chi connectivity index (χ3v) is 4.64. The predicted octanol–water partition coefficient (Wildman–Crippen LogP) is 2.26. The Bertz CT molecular complexity index is 808. The van der Waals surface area contributed by atoms with Gasteiger partial charge in [-0.05, 0) is 38.0 Å². The number of carbonyl (C=O) groups is 1. The minimum absolute atomic E-state index is 0.0133. The zero-order valence-electron chi connectivity index (χ0n) is 14.7. The van der Waals surface area contributed by atoms with Gasteiger partial charge in [0.1, 0.15) is 0 Å². The highest BCUT2D eigenvalue weighted by molar-refractivity contribution is 5.83. The number of para-hydroxylation sites is 1. The Labute approximate surface area is 147 Å². The number of H-pyrrole nitrogens is 1. The van der Waals surface area contributed by atoms with Crippen LogP contribution in [-0.4, -0.2) is 39.8 Å². The standard InChI is InChI=1S/C19H25N5O/c1-14(15(2)24-11-5-9-23-24)21-13-19(25)20-10-8-16-12-22-18-7-4-3-6-17(16)18/h3-7,9,11-12,14-15,21-22H,8,10,13H2,1-2H3,(H,20,25)/t14-,15+/m0/s1. The van der Waals surface area contributed by atoms with E-state index >= 15 is 0 Å². The van der Waals surface area contributed by atoms with Crippen LogP contribution in [0.2, 0.25) is 0 Å². The van der Waals surface area contributed by atoms with Crippen molar-refractivity contribution in [3.8, 4) is 0 Å². The number of aromatic amines is 1. The van der Waals surface area contributed by atoms with E-state index in [0.717, 1.165) is 11.9 Å². The van der Waals surface area contributed by atoms with Crippen molar-refractivity contribution in [2.45, 2.75) is 32.4 Å². The highest BCUT2D eigenvalue weighted by atomic mass is 16.1. The topological polar surface area (TPSA) is 74.7 Å². The summed E-state index contributed by atoms with van der Waals surface area (Å²) in [6.07, 6.45) is 6.53. The zero-order valence-corrected chi connectivity index (χ0v) is 14.7. The van der Waals surface area contributed by atoms with Gasteiger partial charge in [0.15, 0.2) is 0 Å². The molecule has 2 heterocycles. The van der Waals surface area contributed by atoms with Crippen LogP contribution < -0.4 is 10.6 Å². The molecule has 25 heavy (non-hydrogen) atoms. The first kappa shape index (κ1) is 17.2. The number of aromatic nitrogens is 3. The maximum Gasteiger partial charge on any atom is 0.233 e. The highest BCUT2D eigenvalue weighted by Gasteiger charge is 2.14. The average Bonchev–Trinajstić information content (AvgIpc) is 3.29. The third kappa shape index (κ3) is 4.28. The van der Waals surface area contributed by atoms with Crippen molar-refractivity contribution < 1.29 is 4.79 Å². The van der Waals surface area contributed by atoms with Gasteiger partial charge in [-0.25, -0.2) is 0 Å². The number of rotatable bonds is 8. The first-order valence-electron chi connectivity index (χ1n) is 8.69. The van der Waals surface area contributed by atoms with Gasteiger partial charge < -0.3 is 15.6 Å². The van der Waals surface area contributed by atoms with Crippen LogP contribution in [0.3, 0.4) is 0 Å². The van der Waals surface area contributed by atoms with E-state index in [1.807, 2.05) is 35.3 Å². The molecule has 0 unspecified atom stereocenters. The van der Waals surface area contributed by atoms with Gasteiger partial charge >= 0.3 is 0 Å². The van der Waals surface area contributed by atoms with E-state index in [1.165, 1.54) is 10.9 Å². The molecule has 6 nitrogen and oxygen atoms in total. The Hall–Kier alpha value is -2.60. The van der Waals surface area contributed by atoms with Gasteiger partial charge in [0, 0.05) is 42.1 Å². The Kier molecular flexibility index (Phi) is 5.50. The molecule has 0 radical (unpaired) electrons. The molecule has 132 valence electrons. The Morgan fingerprint density at radius 3 is 2.92 bits per heavy atom. The van der Waals surface area contributed by atoms with Crippen LogP contribution >= 0.6 is 0 Å². The van der Waals surface area contributed by atoms with Gasteiger partial charge in [-0.3, -0.25) is 9.48 Å². The molecule has 0 saturated heterocycles. The van der Waals surface area contributed by atoms with Crippen LogP contribution in [0.25, 0.3) is 10.9 Å². The van der Waals surface area contributed by atoms with Gasteiger partial charge in [0.05, 0.1) is 12.6 Å². The summed E-state index contributed by atoms with van der Waals surface area (Å²) in [5.41, 5.74) is 2.36. The molecule has 1 aromatic carbocycles. The van der Waals surface area contributed by atoms with Crippen molar-refractivity contribution in [2.75, 3.05) is 13.1 Å². The predicted molar refractivity (Wildman–Crippen MR) is 99.4 cm³/mol. The van der Waals surface area contributed by atoms with E-state index < -0.39 is 0 Å². The van der Waals surface area contributed by atoms with Crippen molar-refractivity contribution >= 4 is 16.8 Å². The summed E-state index contributed by atoms with van der Waals surface area (Å²) >= 11 is 0. The van der Waals surface area contributed by atoms with Gasteiger partial charge in [0.25, 0.3) is 0 Å². The second-order valence-corrected chi connectivity index (χ2v) is 6.36. The maximum absolute atomic E-state index is 12.0. The van der Waals surface area contributed by atoms with E-state index in [4.69, 9.17) is 0 Å². The summed E-state index contributed by atoms with van der Waals surface area (Å²) in [5, 5.41) is 11.7. The smallest absolute Gasteiger partial charge is 0.233 e. The van der Waals surface area contributed by atoms with Gasteiger partial charge in [0.2, 0.25) is 5.91 Å². The quantitative estimate of drug-likeness (QED) is 0.589. The molecule has 0 saturated carbocycles. The number of nitrogens with zero attached hydrogens (tertiary/aromatic N) is 2. The summed E-state index contributed by atoms with van der Waals surface area (Å²) in [5.74, 6) is 0.0133. The minimum Gasteiger partial charge on any atom is -0.361 e. The summed E-state index contributed by atoms with van der Waals surface area (Å²) in [7, 11) is 0. The van der Waals surface area contributed by atoms with Crippen LogP contribution in [0, 0.1) is 0 Å². The van der Waals surface area contributed by atoms with E-state index in [9.17, 15) is 4.79 Å². The molecule has 2 atom stereocenters. The summed E-state index contributed by atoms with van der Waals surface area (Å²) in [4.78, 5) is 15.3. The fourth-order valence-corrected chi connectivity index (χ4v) is 2.91. The van der Waals surface area contributed by atoms with Crippen LogP contribution in [0.15, 0.2) is 48.9 Å². The summed E-state index contributed by atoms with van der Waals surface area (Å²) < 4.78 is 1.90. The molecule has 1 amide bonds. The van der Waals surface area contributed by atoms with E-state index in [1.54, 1.807) is 6.20 Å². The molecular formula is C19H25N5O. The summed E-state index contributed by atoms with van der Waals surface area (Å²) in [6.45, 7) is 5.08. The number of amides is 1. The van der Waals surface area contributed by atoms with E-state index in [2.05, 4.69) is 46.7 Å². The first-order chi connectivity index (χ1) is 12.1. The van der Waals surface area contributed by atoms with Crippen LogP contribution in [0.1, 0.15) is 25.5 Å². The molecule has 3 N–H and O–H groups in total. The SMILES string of the molecule is C[C@H](NCC(=O)NCCc1c[nH]c2ccccc12)[C@@H](C)n1cccn1. The zero-order chi connectivity index (χ0) is 17.6. The molecule has 0 aliphatic heterocycles. The number of hydrogen-bond acceptors (Lipinski definition) is 3. The molecule has 0 aliphatic rings. The molecule has 0 aliphatic carbocycles. The highest BCUT2D eigenvalue weighted by Crippen LogP contribution is 2.17. The molecular weight excluding hydrogens is 314 g/mol. The van der Waals surface area contributed by atoms with E-state index in [-0.39, 0.29) is 18.0 Å². The number of fused-ring (bicyclic) bond motifs is 1. The molecule has 2 aromatic heterocycles. The maximum atomic E-state index is 12.0. The lowest BCUT2D eigenvalue weighted by molar-refractivity contribution is -0.120. The van der Waals surface area contributed by atoms with Crippen molar-refractivity contribution in [3.05, 3.63) is 54.5 Å². The Morgan fingerprint density at radius 1 is 1.28 bits per heavy atom. The number of carbonyl (C=O) groups excluding carboxylic acids is 1. The second-order valence-electron chi connectivity index (χ2n) is 6.36. The Balaban J connectivity index is 1.41. The van der Waals surface area contributed by atoms with Crippen molar-refractivity contribution in [1.82, 2.24) is 25.4 Å². The van der Waals surface area contributed by atoms with Crippen molar-refractivity contribution in [1.29, 1.82) is 0 Å². The minimum atomic E-state index is 0.0133. The van der Waals surface area contributed by atoms with E-state index in [0.29, 0.717) is 13.1 Å². The van der Waals surface area contributed by atoms with Crippen LogP contribution in [-0.2, 0) is 11.2 Å². The monoisotopic (exact) mass is 339 g/mol. The first-order valence-corrected chi connectivity index (χ1v) is 8.69. The fourth-order valence-electron chi connectivity index (χ4n) is 2.91. The van der Waals surface area contributed by atoms with Gasteiger partial charge in [-0.1, -0.05) is 18.2 Å². The average molecular weight is 339 g/mol. The van der Waals surface area contributed by atoms with Crippen molar-refractivity contribution in [2.24, 2.45) is 0 Å². The fraction of sp³-hybridized carbons (Fsp3) is 0.368. The normalized spacial score (nSPS) is 13.7. The molecule has 3 aromatic rings. The third-order valence-electron chi connectivity index (χ3n) is 4.64. The van der Waals surface area contributed by atoms with Gasteiger partial charge in [-0.15, -0.1) is 0 Å². The molecule has 3 rings (SSSR count). The molecule has 0 fully saturated rings. The number of benzene rings is 1. The second kappa shape index (κ2) is 7.98. The summed E-state index contributed by atoms with van der Waals surface area (Å²) in [6, 6.07) is 10.5. The van der Waals surface area contributed by atoms with Crippen molar-refractivity contribution in [3.63, 3.8) is 0 Å². The lowest BCUT2D eigenvalue weighted by Gasteiger charge is -2.21. The molecule has 0 bridgehead atoms. The lowest BCUT2D eigenvalue weighted by Crippen LogP contribution is -2.41. The molecule has 0 spiro atoms. The number of hydrogen-bond donors (Lipinski definition) is 3.